The topological polar surface area (TPSA) is 46.3 Å². The Morgan fingerprint density at radius 2 is 1.81 bits per heavy atom. The summed E-state index contributed by atoms with van der Waals surface area (Å²) in [5, 5.41) is 0. The minimum absolute atomic E-state index is 0.162. The highest BCUT2D eigenvalue weighted by Gasteiger charge is 2.21. The molecular weight excluding hydrogens is 221 g/mol. The molecule has 0 aliphatic carbocycles. The number of halogens is 3. The summed E-state index contributed by atoms with van der Waals surface area (Å²) < 4.78 is 39.0. The van der Waals surface area contributed by atoms with Gasteiger partial charge in [-0.05, 0) is 0 Å². The van der Waals surface area contributed by atoms with Gasteiger partial charge in [0.25, 0.3) is 5.91 Å². The molecule has 0 aromatic heterocycles. The predicted molar refractivity (Wildman–Crippen MR) is 52.3 cm³/mol. The number of amides is 1. The molecule has 0 aliphatic rings. The number of benzene rings is 1. The van der Waals surface area contributed by atoms with E-state index in [1.807, 2.05) is 0 Å². The largest absolute Gasteiger partial charge is 0.340 e. The highest BCUT2D eigenvalue weighted by atomic mass is 19.1. The van der Waals surface area contributed by atoms with Gasteiger partial charge in [-0.1, -0.05) is 0 Å². The molecule has 3 nitrogen and oxygen atoms in total. The molecule has 0 saturated carbocycles. The molecule has 1 amide bonds. The highest BCUT2D eigenvalue weighted by Crippen LogP contribution is 2.16. The molecule has 2 N–H and O–H groups in total. The van der Waals surface area contributed by atoms with Crippen molar-refractivity contribution in [3.05, 3.63) is 35.1 Å². The second-order valence-electron chi connectivity index (χ2n) is 3.26. The van der Waals surface area contributed by atoms with E-state index in [0.29, 0.717) is 12.1 Å². The summed E-state index contributed by atoms with van der Waals surface area (Å²) in [5.74, 6) is -4.36. The number of carbonyl (C=O) groups is 1. The van der Waals surface area contributed by atoms with Crippen molar-refractivity contribution in [1.29, 1.82) is 0 Å². The molecule has 0 saturated heterocycles. The van der Waals surface area contributed by atoms with Crippen molar-refractivity contribution in [2.24, 2.45) is 5.73 Å². The van der Waals surface area contributed by atoms with Gasteiger partial charge >= 0.3 is 0 Å². The SMILES string of the molecule is CN(CCN)C(=O)c1c(F)cc(F)cc1F. The smallest absolute Gasteiger partial charge is 0.259 e. The lowest BCUT2D eigenvalue weighted by molar-refractivity contribution is 0.0789. The van der Waals surface area contributed by atoms with Gasteiger partial charge in [-0.3, -0.25) is 4.79 Å². The van der Waals surface area contributed by atoms with Crippen LogP contribution in [0.2, 0.25) is 0 Å². The maximum Gasteiger partial charge on any atom is 0.259 e. The van der Waals surface area contributed by atoms with Gasteiger partial charge in [-0.15, -0.1) is 0 Å². The Bertz CT molecular complexity index is 386. The van der Waals surface area contributed by atoms with Gasteiger partial charge in [-0.2, -0.15) is 0 Å². The molecule has 0 fully saturated rings. The molecule has 88 valence electrons. The number of carbonyl (C=O) groups excluding carboxylic acids is 1. The Labute approximate surface area is 90.6 Å². The summed E-state index contributed by atoms with van der Waals surface area (Å²) in [6.07, 6.45) is 0. The lowest BCUT2D eigenvalue weighted by atomic mass is 10.1. The fraction of sp³-hybridized carbons (Fsp3) is 0.300. The van der Waals surface area contributed by atoms with Gasteiger partial charge in [0, 0.05) is 32.3 Å². The van der Waals surface area contributed by atoms with Crippen LogP contribution in [0.4, 0.5) is 13.2 Å². The summed E-state index contributed by atoms with van der Waals surface area (Å²) in [6, 6.07) is 0.930. The van der Waals surface area contributed by atoms with Crippen LogP contribution in [-0.4, -0.2) is 30.9 Å². The summed E-state index contributed by atoms with van der Waals surface area (Å²) in [5.41, 5.74) is 4.44. The van der Waals surface area contributed by atoms with Crippen molar-refractivity contribution in [3.63, 3.8) is 0 Å². The van der Waals surface area contributed by atoms with Crippen molar-refractivity contribution in [2.75, 3.05) is 20.1 Å². The van der Waals surface area contributed by atoms with Gasteiger partial charge in [0.05, 0.1) is 0 Å². The van der Waals surface area contributed by atoms with E-state index in [2.05, 4.69) is 0 Å². The quantitative estimate of drug-likeness (QED) is 0.849. The van der Waals surface area contributed by atoms with E-state index in [9.17, 15) is 18.0 Å². The van der Waals surface area contributed by atoms with Crippen LogP contribution in [0.15, 0.2) is 12.1 Å². The van der Waals surface area contributed by atoms with Crippen molar-refractivity contribution >= 4 is 5.91 Å². The van der Waals surface area contributed by atoms with E-state index < -0.39 is 28.9 Å². The fourth-order valence-electron chi connectivity index (χ4n) is 1.23. The first-order valence-corrected chi connectivity index (χ1v) is 4.57. The number of rotatable bonds is 3. The maximum absolute atomic E-state index is 13.2. The minimum Gasteiger partial charge on any atom is -0.340 e. The average Bonchev–Trinajstić information content (AvgIpc) is 2.16. The monoisotopic (exact) mass is 232 g/mol. The zero-order valence-corrected chi connectivity index (χ0v) is 8.64. The second kappa shape index (κ2) is 4.98. The molecule has 1 aromatic rings. The molecule has 0 unspecified atom stereocenters. The second-order valence-corrected chi connectivity index (χ2v) is 3.26. The third kappa shape index (κ3) is 2.52. The van der Waals surface area contributed by atoms with Crippen LogP contribution in [0.25, 0.3) is 0 Å². The average molecular weight is 232 g/mol. The molecule has 1 aromatic carbocycles. The Hall–Kier alpha value is -1.56. The Morgan fingerprint density at radius 1 is 1.31 bits per heavy atom. The minimum atomic E-state index is -1.22. The van der Waals surface area contributed by atoms with Crippen molar-refractivity contribution < 1.29 is 18.0 Å². The molecule has 16 heavy (non-hydrogen) atoms. The van der Waals surface area contributed by atoms with Gasteiger partial charge < -0.3 is 10.6 Å². The Balaban J connectivity index is 3.08. The van der Waals surface area contributed by atoms with Gasteiger partial charge in [0.15, 0.2) is 0 Å². The van der Waals surface area contributed by atoms with Crippen LogP contribution >= 0.6 is 0 Å². The van der Waals surface area contributed by atoms with Crippen LogP contribution in [0.5, 0.6) is 0 Å². The van der Waals surface area contributed by atoms with E-state index in [4.69, 9.17) is 5.73 Å². The molecule has 1 rings (SSSR count). The zero-order valence-electron chi connectivity index (χ0n) is 8.64. The summed E-state index contributed by atoms with van der Waals surface area (Å²) >= 11 is 0. The summed E-state index contributed by atoms with van der Waals surface area (Å²) in [7, 11) is 1.36. The zero-order chi connectivity index (χ0) is 12.3. The number of hydrogen-bond donors (Lipinski definition) is 1. The molecule has 0 radical (unpaired) electrons. The summed E-state index contributed by atoms with van der Waals surface area (Å²) in [4.78, 5) is 12.6. The van der Waals surface area contributed by atoms with E-state index in [-0.39, 0.29) is 13.1 Å². The molecule has 6 heteroatoms. The molecule has 0 aliphatic heterocycles. The van der Waals surface area contributed by atoms with E-state index in [1.54, 1.807) is 0 Å². The Morgan fingerprint density at radius 3 is 2.25 bits per heavy atom. The number of nitrogens with zero attached hydrogens (tertiary/aromatic N) is 1. The Kier molecular flexibility index (Phi) is 3.89. The van der Waals surface area contributed by atoms with Gasteiger partial charge in [-0.25, -0.2) is 13.2 Å². The van der Waals surface area contributed by atoms with Crippen molar-refractivity contribution in [1.82, 2.24) is 4.90 Å². The van der Waals surface area contributed by atoms with Crippen LogP contribution in [-0.2, 0) is 0 Å². The van der Waals surface area contributed by atoms with E-state index in [1.165, 1.54) is 7.05 Å². The first-order chi connectivity index (χ1) is 7.47. The van der Waals surface area contributed by atoms with Crippen LogP contribution in [0.3, 0.4) is 0 Å². The number of likely N-dealkylation sites (N-methyl/N-ethyl adjacent to an activating group) is 1. The van der Waals surface area contributed by atoms with Crippen LogP contribution in [0.1, 0.15) is 10.4 Å². The van der Waals surface area contributed by atoms with E-state index >= 15 is 0 Å². The third-order valence-electron chi connectivity index (χ3n) is 2.03. The predicted octanol–water partition coefficient (Wildman–Crippen LogP) is 1.13. The molecule has 0 heterocycles. The number of nitrogens with two attached hydrogens (primary N) is 1. The number of hydrogen-bond acceptors (Lipinski definition) is 2. The van der Waals surface area contributed by atoms with Gasteiger partial charge in [0.2, 0.25) is 0 Å². The molecule has 0 atom stereocenters. The van der Waals surface area contributed by atoms with Crippen molar-refractivity contribution in [3.8, 4) is 0 Å². The first-order valence-electron chi connectivity index (χ1n) is 4.57. The van der Waals surface area contributed by atoms with Crippen LogP contribution < -0.4 is 5.73 Å². The molecule has 0 spiro atoms. The lowest BCUT2D eigenvalue weighted by Gasteiger charge is -2.16. The van der Waals surface area contributed by atoms with Gasteiger partial charge in [0.1, 0.15) is 23.0 Å². The summed E-state index contributed by atoms with van der Waals surface area (Å²) in [6.45, 7) is 0.335. The normalized spacial score (nSPS) is 10.3. The van der Waals surface area contributed by atoms with Crippen molar-refractivity contribution in [2.45, 2.75) is 0 Å². The standard InChI is InChI=1S/C10H11F3N2O/c1-15(3-2-14)10(16)9-7(12)4-6(11)5-8(9)13/h4-5H,2-3,14H2,1H3. The highest BCUT2D eigenvalue weighted by molar-refractivity contribution is 5.94. The van der Waals surface area contributed by atoms with Crippen LogP contribution in [0, 0.1) is 17.5 Å². The fourth-order valence-corrected chi connectivity index (χ4v) is 1.23. The molecular formula is C10H11F3N2O. The third-order valence-corrected chi connectivity index (χ3v) is 2.03. The molecule has 0 bridgehead atoms. The maximum atomic E-state index is 13.2. The lowest BCUT2D eigenvalue weighted by Crippen LogP contribution is -2.32. The first kappa shape index (κ1) is 12.5. The van der Waals surface area contributed by atoms with E-state index in [0.717, 1.165) is 4.90 Å².